The van der Waals surface area contributed by atoms with Gasteiger partial charge in [-0.3, -0.25) is 4.79 Å². The minimum Gasteiger partial charge on any atom is -0.497 e. The largest absolute Gasteiger partial charge is 0.497 e. The first-order chi connectivity index (χ1) is 14.2. The monoisotopic (exact) mass is 386 g/mol. The number of pyridine rings is 1. The summed E-state index contributed by atoms with van der Waals surface area (Å²) in [5, 5.41) is 2.97. The molecule has 0 aliphatic carbocycles. The Morgan fingerprint density at radius 3 is 2.72 bits per heavy atom. The molecule has 6 nitrogen and oxygen atoms in total. The van der Waals surface area contributed by atoms with Gasteiger partial charge in [-0.15, -0.1) is 0 Å². The Bertz CT molecular complexity index is 1150. The molecule has 0 atom stereocenters. The Morgan fingerprint density at radius 1 is 1.10 bits per heavy atom. The fraction of sp³-hybridized carbons (Fsp3) is 0.174. The second-order valence-electron chi connectivity index (χ2n) is 6.79. The minimum atomic E-state index is -0.141. The van der Waals surface area contributed by atoms with Crippen molar-refractivity contribution in [3.63, 3.8) is 0 Å². The highest BCUT2D eigenvalue weighted by Gasteiger charge is 2.14. The fourth-order valence-corrected chi connectivity index (χ4v) is 3.24. The second kappa shape index (κ2) is 8.14. The Balaban J connectivity index is 1.56. The smallest absolute Gasteiger partial charge is 0.251 e. The van der Waals surface area contributed by atoms with Crippen LogP contribution in [0.1, 0.15) is 15.9 Å². The van der Waals surface area contributed by atoms with Crippen LogP contribution in [0.15, 0.2) is 66.9 Å². The van der Waals surface area contributed by atoms with Crippen molar-refractivity contribution in [1.82, 2.24) is 19.9 Å². The predicted molar refractivity (Wildman–Crippen MR) is 113 cm³/mol. The molecule has 2 aromatic heterocycles. The van der Waals surface area contributed by atoms with E-state index in [2.05, 4.69) is 41.5 Å². The Labute approximate surface area is 169 Å². The lowest BCUT2D eigenvalue weighted by Crippen LogP contribution is -2.27. The van der Waals surface area contributed by atoms with E-state index in [1.807, 2.05) is 22.8 Å². The van der Waals surface area contributed by atoms with Gasteiger partial charge >= 0.3 is 0 Å². The molecular weight excluding hydrogens is 364 g/mol. The normalized spacial score (nSPS) is 10.8. The summed E-state index contributed by atoms with van der Waals surface area (Å²) in [5.41, 5.74) is 4.42. The number of carbonyl (C=O) groups excluding carboxylic acids is 1. The topological polar surface area (TPSA) is 69.0 Å². The molecule has 1 amide bonds. The average molecular weight is 386 g/mol. The van der Waals surface area contributed by atoms with Crippen molar-refractivity contribution in [3.05, 3.63) is 78.0 Å². The number of aryl methyl sites for hydroxylation is 1. The van der Waals surface area contributed by atoms with Crippen LogP contribution in [-0.2, 0) is 6.54 Å². The van der Waals surface area contributed by atoms with E-state index in [0.29, 0.717) is 24.4 Å². The molecule has 0 spiro atoms. The molecule has 0 radical (unpaired) electrons. The maximum atomic E-state index is 12.5. The van der Waals surface area contributed by atoms with E-state index >= 15 is 0 Å². The summed E-state index contributed by atoms with van der Waals surface area (Å²) >= 11 is 0. The molecule has 0 aliphatic rings. The lowest BCUT2D eigenvalue weighted by molar-refractivity contribution is 0.0952. The lowest BCUT2D eigenvalue weighted by atomic mass is 10.1. The van der Waals surface area contributed by atoms with Gasteiger partial charge < -0.3 is 14.6 Å². The summed E-state index contributed by atoms with van der Waals surface area (Å²) in [6.45, 7) is 3.08. The summed E-state index contributed by atoms with van der Waals surface area (Å²) in [7, 11) is 1.58. The van der Waals surface area contributed by atoms with Crippen molar-refractivity contribution >= 4 is 17.1 Å². The van der Waals surface area contributed by atoms with Crippen molar-refractivity contribution in [2.24, 2.45) is 0 Å². The van der Waals surface area contributed by atoms with Gasteiger partial charge in [0.1, 0.15) is 17.1 Å². The van der Waals surface area contributed by atoms with Gasteiger partial charge in [-0.25, -0.2) is 9.97 Å². The van der Waals surface area contributed by atoms with Crippen LogP contribution in [0, 0.1) is 6.92 Å². The van der Waals surface area contributed by atoms with Gasteiger partial charge in [0.05, 0.1) is 7.11 Å². The first kappa shape index (κ1) is 18.7. The molecule has 0 fully saturated rings. The number of carbonyl (C=O) groups is 1. The van der Waals surface area contributed by atoms with E-state index in [1.54, 1.807) is 31.5 Å². The van der Waals surface area contributed by atoms with Crippen LogP contribution in [0.2, 0.25) is 0 Å². The molecule has 146 valence electrons. The number of benzene rings is 2. The molecule has 0 unspecified atom stereocenters. The highest BCUT2D eigenvalue weighted by molar-refractivity contribution is 5.94. The first-order valence-electron chi connectivity index (χ1n) is 9.46. The molecule has 0 aliphatic heterocycles. The number of amides is 1. The second-order valence-corrected chi connectivity index (χ2v) is 6.79. The van der Waals surface area contributed by atoms with E-state index in [4.69, 9.17) is 9.72 Å². The highest BCUT2D eigenvalue weighted by atomic mass is 16.5. The number of hydrogen-bond acceptors (Lipinski definition) is 4. The number of aromatic nitrogens is 3. The third-order valence-corrected chi connectivity index (χ3v) is 4.77. The zero-order valence-electron chi connectivity index (χ0n) is 16.4. The van der Waals surface area contributed by atoms with Gasteiger partial charge in [-0.1, -0.05) is 35.9 Å². The van der Waals surface area contributed by atoms with Gasteiger partial charge in [-0.2, -0.15) is 0 Å². The molecule has 4 rings (SSSR count). The van der Waals surface area contributed by atoms with E-state index in [0.717, 1.165) is 22.6 Å². The Kier molecular flexibility index (Phi) is 5.24. The van der Waals surface area contributed by atoms with Crippen LogP contribution in [0.5, 0.6) is 5.75 Å². The summed E-state index contributed by atoms with van der Waals surface area (Å²) in [5.74, 6) is 1.36. The Morgan fingerprint density at radius 2 is 1.93 bits per heavy atom. The molecule has 29 heavy (non-hydrogen) atoms. The number of ether oxygens (including phenoxy) is 1. The average Bonchev–Trinajstić information content (AvgIpc) is 3.13. The van der Waals surface area contributed by atoms with Crippen LogP contribution < -0.4 is 10.1 Å². The number of fused-ring (bicyclic) bond motifs is 1. The van der Waals surface area contributed by atoms with E-state index in [-0.39, 0.29) is 5.91 Å². The maximum absolute atomic E-state index is 12.5. The zero-order chi connectivity index (χ0) is 20.2. The molecule has 2 heterocycles. The van der Waals surface area contributed by atoms with E-state index in [1.165, 1.54) is 5.56 Å². The SMILES string of the molecule is COc1cccc(C(=O)NCCn2c(-c3ccc(C)cc3)nc3cccnc32)c1. The maximum Gasteiger partial charge on any atom is 0.251 e. The summed E-state index contributed by atoms with van der Waals surface area (Å²) in [6.07, 6.45) is 1.76. The summed E-state index contributed by atoms with van der Waals surface area (Å²) < 4.78 is 7.24. The van der Waals surface area contributed by atoms with Crippen LogP contribution in [0.4, 0.5) is 0 Å². The Hall–Kier alpha value is -3.67. The molecule has 6 heteroatoms. The van der Waals surface area contributed by atoms with Crippen molar-refractivity contribution in [2.75, 3.05) is 13.7 Å². The van der Waals surface area contributed by atoms with Gasteiger partial charge in [0.25, 0.3) is 5.91 Å². The van der Waals surface area contributed by atoms with Gasteiger partial charge in [0.15, 0.2) is 5.65 Å². The minimum absolute atomic E-state index is 0.141. The standard InChI is InChI=1S/C23H22N4O2/c1-16-8-10-17(11-9-16)21-26-20-7-4-12-24-22(20)27(21)14-13-25-23(28)18-5-3-6-19(15-18)29-2/h3-12,15H,13-14H2,1-2H3,(H,25,28). The number of nitrogens with zero attached hydrogens (tertiary/aromatic N) is 3. The van der Waals surface area contributed by atoms with E-state index in [9.17, 15) is 4.79 Å². The molecule has 0 bridgehead atoms. The van der Waals surface area contributed by atoms with Crippen molar-refractivity contribution in [1.29, 1.82) is 0 Å². The van der Waals surface area contributed by atoms with Crippen LogP contribution in [0.3, 0.4) is 0 Å². The molecule has 1 N–H and O–H groups in total. The van der Waals surface area contributed by atoms with Crippen LogP contribution >= 0.6 is 0 Å². The van der Waals surface area contributed by atoms with Crippen LogP contribution in [-0.4, -0.2) is 34.1 Å². The number of methoxy groups -OCH3 is 1. The highest BCUT2D eigenvalue weighted by Crippen LogP contribution is 2.23. The number of imidazole rings is 1. The van der Waals surface area contributed by atoms with Crippen molar-refractivity contribution in [3.8, 4) is 17.1 Å². The summed E-state index contributed by atoms with van der Waals surface area (Å²) in [6, 6.07) is 19.2. The number of nitrogens with one attached hydrogen (secondary N) is 1. The van der Waals surface area contributed by atoms with Crippen LogP contribution in [0.25, 0.3) is 22.6 Å². The van der Waals surface area contributed by atoms with Gasteiger partial charge in [0.2, 0.25) is 0 Å². The lowest BCUT2D eigenvalue weighted by Gasteiger charge is -2.11. The molecular formula is C23H22N4O2. The molecule has 4 aromatic rings. The van der Waals surface area contributed by atoms with Gasteiger partial charge in [0, 0.05) is 30.4 Å². The third kappa shape index (κ3) is 3.96. The first-order valence-corrected chi connectivity index (χ1v) is 9.46. The zero-order valence-corrected chi connectivity index (χ0v) is 16.4. The molecule has 0 saturated heterocycles. The molecule has 2 aromatic carbocycles. The van der Waals surface area contributed by atoms with Crippen molar-refractivity contribution in [2.45, 2.75) is 13.5 Å². The quantitative estimate of drug-likeness (QED) is 0.547. The van der Waals surface area contributed by atoms with Gasteiger partial charge in [-0.05, 0) is 37.3 Å². The van der Waals surface area contributed by atoms with Crippen molar-refractivity contribution < 1.29 is 9.53 Å². The summed E-state index contributed by atoms with van der Waals surface area (Å²) in [4.78, 5) is 21.7. The predicted octanol–water partition coefficient (Wildman–Crippen LogP) is 3.85. The number of hydrogen-bond donors (Lipinski definition) is 1. The molecule has 0 saturated carbocycles. The van der Waals surface area contributed by atoms with E-state index < -0.39 is 0 Å². The third-order valence-electron chi connectivity index (χ3n) is 4.77. The number of rotatable bonds is 6. The fourth-order valence-electron chi connectivity index (χ4n) is 3.24.